The predicted molar refractivity (Wildman–Crippen MR) is 86.3 cm³/mol. The lowest BCUT2D eigenvalue weighted by atomic mass is 10.0. The van der Waals surface area contributed by atoms with Gasteiger partial charge in [0.15, 0.2) is 5.78 Å². The Morgan fingerprint density at radius 2 is 1.71 bits per heavy atom. The molecule has 0 saturated carbocycles. The number of non-ortho nitro benzene ring substituents is 1. The number of carbonyl (C=O) groups is 1. The zero-order valence-electron chi connectivity index (χ0n) is 12.7. The Balaban J connectivity index is 0.00000400. The molecular weight excluding hydrogens is 292 g/mol. The van der Waals surface area contributed by atoms with Gasteiger partial charge in [0.2, 0.25) is 0 Å². The van der Waals surface area contributed by atoms with Gasteiger partial charge in [-0.3, -0.25) is 14.9 Å². The topological polar surface area (TPSA) is 63.4 Å². The molecule has 6 heteroatoms. The van der Waals surface area contributed by atoms with Crippen molar-refractivity contribution >= 4 is 23.9 Å². The van der Waals surface area contributed by atoms with Crippen LogP contribution in [0.3, 0.4) is 0 Å². The van der Waals surface area contributed by atoms with Crippen LogP contribution in [-0.2, 0) is 0 Å². The van der Waals surface area contributed by atoms with Crippen LogP contribution in [0.15, 0.2) is 24.3 Å². The van der Waals surface area contributed by atoms with Crippen molar-refractivity contribution in [3.63, 3.8) is 0 Å². The largest absolute Gasteiger partial charge is 0.300 e. The zero-order valence-corrected chi connectivity index (χ0v) is 13.6. The van der Waals surface area contributed by atoms with Crippen LogP contribution in [0, 0.1) is 10.1 Å². The molecule has 0 N–H and O–H groups in total. The quantitative estimate of drug-likeness (QED) is 0.417. The van der Waals surface area contributed by atoms with Gasteiger partial charge in [0.1, 0.15) is 0 Å². The molecule has 118 valence electrons. The molecule has 0 fully saturated rings. The van der Waals surface area contributed by atoms with Crippen molar-refractivity contribution in [2.45, 2.75) is 39.7 Å². The van der Waals surface area contributed by atoms with Gasteiger partial charge in [-0.25, -0.2) is 0 Å². The Labute approximate surface area is 131 Å². The molecule has 0 amide bonds. The Hall–Kier alpha value is -1.46. The standard InChI is InChI=1S/C15H22N2O3.ClH/c1-4-13(16(5-2)6-3)11-15(18)12-7-9-14(10-8-12)17(19)20;/h7-10,13H,4-6,11H2,1-3H3;1H. The van der Waals surface area contributed by atoms with Crippen LogP contribution < -0.4 is 0 Å². The fourth-order valence-electron chi connectivity index (χ4n) is 2.37. The monoisotopic (exact) mass is 314 g/mol. The van der Waals surface area contributed by atoms with Crippen LogP contribution in [-0.4, -0.2) is 34.7 Å². The van der Waals surface area contributed by atoms with E-state index < -0.39 is 4.92 Å². The second-order valence-corrected chi connectivity index (χ2v) is 4.71. The van der Waals surface area contributed by atoms with E-state index in [1.54, 1.807) is 0 Å². The summed E-state index contributed by atoms with van der Waals surface area (Å²) < 4.78 is 0. The highest BCUT2D eigenvalue weighted by molar-refractivity contribution is 5.96. The maximum atomic E-state index is 12.2. The van der Waals surface area contributed by atoms with Gasteiger partial charge in [-0.15, -0.1) is 12.4 Å². The number of nitro groups is 1. The molecule has 0 bridgehead atoms. The minimum absolute atomic E-state index is 0. The third kappa shape index (κ3) is 5.44. The first-order valence-electron chi connectivity index (χ1n) is 7.05. The van der Waals surface area contributed by atoms with E-state index in [1.807, 2.05) is 0 Å². The second-order valence-electron chi connectivity index (χ2n) is 4.71. The Morgan fingerprint density at radius 1 is 1.19 bits per heavy atom. The summed E-state index contributed by atoms with van der Waals surface area (Å²) in [5, 5.41) is 10.6. The van der Waals surface area contributed by atoms with Crippen molar-refractivity contribution in [2.75, 3.05) is 13.1 Å². The molecule has 0 heterocycles. The SMILES string of the molecule is CCC(CC(=O)c1ccc([N+](=O)[O-])cc1)N(CC)CC.Cl. The number of ketones is 1. The number of carbonyl (C=O) groups excluding carboxylic acids is 1. The molecule has 0 aliphatic heterocycles. The van der Waals surface area contributed by atoms with Crippen LogP contribution in [0.4, 0.5) is 5.69 Å². The van der Waals surface area contributed by atoms with E-state index in [4.69, 9.17) is 0 Å². The normalized spacial score (nSPS) is 11.8. The van der Waals surface area contributed by atoms with Crippen molar-refractivity contribution in [2.24, 2.45) is 0 Å². The van der Waals surface area contributed by atoms with Gasteiger partial charge in [0.05, 0.1) is 4.92 Å². The predicted octanol–water partition coefficient (Wildman–Crippen LogP) is 3.71. The summed E-state index contributed by atoms with van der Waals surface area (Å²) in [4.78, 5) is 24.6. The molecule has 0 aliphatic carbocycles. The number of hydrogen-bond acceptors (Lipinski definition) is 4. The number of halogens is 1. The molecule has 1 aromatic rings. The molecule has 21 heavy (non-hydrogen) atoms. The van der Waals surface area contributed by atoms with E-state index in [0.717, 1.165) is 19.5 Å². The van der Waals surface area contributed by atoms with Gasteiger partial charge in [-0.2, -0.15) is 0 Å². The first-order chi connectivity index (χ1) is 9.53. The second kappa shape index (κ2) is 9.47. The average Bonchev–Trinajstić information content (AvgIpc) is 2.47. The summed E-state index contributed by atoms with van der Waals surface area (Å²) in [6.45, 7) is 8.09. The molecule has 0 aliphatic rings. The van der Waals surface area contributed by atoms with Crippen LogP contribution in [0.1, 0.15) is 44.0 Å². The van der Waals surface area contributed by atoms with Gasteiger partial charge < -0.3 is 4.90 Å². The average molecular weight is 315 g/mol. The number of nitrogens with zero attached hydrogens (tertiary/aromatic N) is 2. The number of Topliss-reactive ketones (excluding diaryl/α,β-unsaturated/α-hetero) is 1. The summed E-state index contributed by atoms with van der Waals surface area (Å²) in [6.07, 6.45) is 1.37. The van der Waals surface area contributed by atoms with Crippen molar-refractivity contribution in [3.05, 3.63) is 39.9 Å². The summed E-state index contributed by atoms with van der Waals surface area (Å²) in [5.74, 6) is 0.0404. The van der Waals surface area contributed by atoms with E-state index in [2.05, 4.69) is 25.7 Å². The van der Waals surface area contributed by atoms with Crippen LogP contribution >= 0.6 is 12.4 Å². The molecule has 1 rings (SSSR count). The van der Waals surface area contributed by atoms with Gasteiger partial charge >= 0.3 is 0 Å². The van der Waals surface area contributed by atoms with E-state index in [9.17, 15) is 14.9 Å². The molecular formula is C15H23ClN2O3. The number of benzene rings is 1. The zero-order chi connectivity index (χ0) is 15.1. The molecule has 0 spiro atoms. The van der Waals surface area contributed by atoms with Crippen molar-refractivity contribution in [3.8, 4) is 0 Å². The van der Waals surface area contributed by atoms with E-state index >= 15 is 0 Å². The minimum Gasteiger partial charge on any atom is -0.300 e. The summed E-state index contributed by atoms with van der Waals surface area (Å²) in [7, 11) is 0. The smallest absolute Gasteiger partial charge is 0.269 e. The highest BCUT2D eigenvalue weighted by Crippen LogP contribution is 2.16. The maximum absolute atomic E-state index is 12.2. The van der Waals surface area contributed by atoms with Crippen molar-refractivity contribution < 1.29 is 9.72 Å². The Kier molecular flexibility index (Phi) is 8.81. The van der Waals surface area contributed by atoms with Crippen LogP contribution in [0.2, 0.25) is 0 Å². The van der Waals surface area contributed by atoms with Crippen LogP contribution in [0.25, 0.3) is 0 Å². The fraction of sp³-hybridized carbons (Fsp3) is 0.533. The molecule has 1 aromatic carbocycles. The van der Waals surface area contributed by atoms with Gasteiger partial charge in [0, 0.05) is 30.2 Å². The first-order valence-corrected chi connectivity index (χ1v) is 7.05. The Bertz CT molecular complexity index is 458. The maximum Gasteiger partial charge on any atom is 0.269 e. The minimum atomic E-state index is -0.459. The van der Waals surface area contributed by atoms with E-state index in [-0.39, 0.29) is 29.9 Å². The molecule has 0 aromatic heterocycles. The lowest BCUT2D eigenvalue weighted by Crippen LogP contribution is -2.36. The van der Waals surface area contributed by atoms with Gasteiger partial charge in [0.25, 0.3) is 5.69 Å². The number of nitro benzene ring substituents is 1. The molecule has 0 saturated heterocycles. The summed E-state index contributed by atoms with van der Waals surface area (Å²) in [6, 6.07) is 6.06. The van der Waals surface area contributed by atoms with Crippen LogP contribution in [0.5, 0.6) is 0 Å². The molecule has 5 nitrogen and oxygen atoms in total. The van der Waals surface area contributed by atoms with Crippen molar-refractivity contribution in [1.29, 1.82) is 0 Å². The highest BCUT2D eigenvalue weighted by Gasteiger charge is 2.19. The van der Waals surface area contributed by atoms with E-state index in [0.29, 0.717) is 12.0 Å². The summed E-state index contributed by atoms with van der Waals surface area (Å²) in [5.41, 5.74) is 0.554. The summed E-state index contributed by atoms with van der Waals surface area (Å²) >= 11 is 0. The third-order valence-electron chi connectivity index (χ3n) is 3.62. The number of rotatable bonds is 8. The lowest BCUT2D eigenvalue weighted by molar-refractivity contribution is -0.384. The molecule has 0 radical (unpaired) electrons. The molecule has 1 unspecified atom stereocenters. The third-order valence-corrected chi connectivity index (χ3v) is 3.62. The molecule has 1 atom stereocenters. The fourth-order valence-corrected chi connectivity index (χ4v) is 2.37. The van der Waals surface area contributed by atoms with Gasteiger partial charge in [-0.05, 0) is 31.6 Å². The van der Waals surface area contributed by atoms with Gasteiger partial charge in [-0.1, -0.05) is 20.8 Å². The van der Waals surface area contributed by atoms with Crippen molar-refractivity contribution in [1.82, 2.24) is 4.90 Å². The Morgan fingerprint density at radius 3 is 2.10 bits per heavy atom. The number of hydrogen-bond donors (Lipinski definition) is 0. The van der Waals surface area contributed by atoms with E-state index in [1.165, 1.54) is 24.3 Å². The lowest BCUT2D eigenvalue weighted by Gasteiger charge is -2.28. The first kappa shape index (κ1) is 19.5. The highest BCUT2D eigenvalue weighted by atomic mass is 35.5.